The monoisotopic (exact) mass is 285 g/mol. The molecule has 0 fully saturated rings. The molecule has 0 radical (unpaired) electrons. The van der Waals surface area contributed by atoms with Gasteiger partial charge in [0.15, 0.2) is 11.5 Å². The van der Waals surface area contributed by atoms with E-state index in [0.717, 1.165) is 28.4 Å². The molecule has 0 amide bonds. The number of rotatable bonds is 4. The lowest BCUT2D eigenvalue weighted by Crippen LogP contribution is -2.15. The van der Waals surface area contributed by atoms with Crippen LogP contribution in [0.2, 0.25) is 0 Å². The van der Waals surface area contributed by atoms with Crippen LogP contribution >= 0.6 is 0 Å². The summed E-state index contributed by atoms with van der Waals surface area (Å²) in [6.45, 7) is 2.56. The van der Waals surface area contributed by atoms with Crippen molar-refractivity contribution in [2.24, 2.45) is 7.05 Å². The Morgan fingerprint density at radius 2 is 2.14 bits per heavy atom. The number of oxazole rings is 1. The summed E-state index contributed by atoms with van der Waals surface area (Å²) in [4.78, 5) is 10.7. The van der Waals surface area contributed by atoms with Gasteiger partial charge in [0.2, 0.25) is 5.95 Å². The summed E-state index contributed by atoms with van der Waals surface area (Å²) in [5.74, 6) is 1.62. The first-order chi connectivity index (χ1) is 10.0. The molecule has 0 unspecified atom stereocenters. The van der Waals surface area contributed by atoms with E-state index in [1.807, 2.05) is 57.4 Å². The number of aromatic nitrogens is 3. The van der Waals surface area contributed by atoms with Gasteiger partial charge in [-0.3, -0.25) is 0 Å². The van der Waals surface area contributed by atoms with Gasteiger partial charge >= 0.3 is 0 Å². The van der Waals surface area contributed by atoms with E-state index in [9.17, 15) is 0 Å². The molecule has 0 saturated carbocycles. The van der Waals surface area contributed by atoms with Crippen molar-refractivity contribution in [1.82, 2.24) is 14.5 Å². The number of hydrogen-bond acceptors (Lipinski definition) is 5. The van der Waals surface area contributed by atoms with Crippen LogP contribution in [0.1, 0.15) is 11.6 Å². The minimum atomic E-state index is 0.685. The van der Waals surface area contributed by atoms with Crippen molar-refractivity contribution in [3.63, 3.8) is 0 Å². The molecule has 0 aliphatic heterocycles. The molecule has 0 saturated heterocycles. The van der Waals surface area contributed by atoms with Gasteiger partial charge in [-0.05, 0) is 18.2 Å². The first-order valence-electron chi connectivity index (χ1n) is 6.83. The number of aryl methyl sites for hydroxylation is 1. The maximum Gasteiger partial charge on any atom is 0.204 e. The highest BCUT2D eigenvalue weighted by atomic mass is 16.3. The fraction of sp³-hybridized carbons (Fsp3) is 0.333. The average molecular weight is 285 g/mol. The van der Waals surface area contributed by atoms with E-state index in [2.05, 4.69) is 19.9 Å². The first kappa shape index (κ1) is 13.5. The lowest BCUT2D eigenvalue weighted by atomic mass is 10.3. The summed E-state index contributed by atoms with van der Waals surface area (Å²) in [5.41, 5.74) is 3.82. The molecule has 0 aliphatic carbocycles. The lowest BCUT2D eigenvalue weighted by Gasteiger charge is -2.13. The average Bonchev–Trinajstić information content (AvgIpc) is 2.97. The normalized spacial score (nSPS) is 11.0. The van der Waals surface area contributed by atoms with Crippen LogP contribution in [0.15, 0.2) is 28.8 Å². The quantitative estimate of drug-likeness (QED) is 0.798. The molecule has 3 rings (SSSR count). The van der Waals surface area contributed by atoms with Gasteiger partial charge in [0.1, 0.15) is 5.52 Å². The Morgan fingerprint density at radius 3 is 2.86 bits per heavy atom. The Bertz CT molecular complexity index is 772. The summed E-state index contributed by atoms with van der Waals surface area (Å²) in [7, 11) is 5.99. The fourth-order valence-electron chi connectivity index (χ4n) is 2.36. The Kier molecular flexibility index (Phi) is 3.29. The van der Waals surface area contributed by atoms with Crippen LogP contribution in [0, 0.1) is 6.92 Å². The second-order valence-electron chi connectivity index (χ2n) is 5.27. The minimum Gasteiger partial charge on any atom is -0.441 e. The Morgan fingerprint density at radius 1 is 1.33 bits per heavy atom. The van der Waals surface area contributed by atoms with E-state index in [0.29, 0.717) is 12.4 Å². The van der Waals surface area contributed by atoms with Crippen LogP contribution < -0.4 is 10.2 Å². The summed E-state index contributed by atoms with van der Waals surface area (Å²) in [6.07, 6.45) is 1.89. The molecular weight excluding hydrogens is 266 g/mol. The number of anilines is 2. The molecule has 1 aromatic carbocycles. The van der Waals surface area contributed by atoms with Crippen LogP contribution in [0.25, 0.3) is 11.1 Å². The molecule has 2 aromatic heterocycles. The van der Waals surface area contributed by atoms with E-state index in [1.54, 1.807) is 0 Å². The van der Waals surface area contributed by atoms with E-state index >= 15 is 0 Å². The van der Waals surface area contributed by atoms with Crippen molar-refractivity contribution in [3.05, 3.63) is 36.0 Å². The van der Waals surface area contributed by atoms with Gasteiger partial charge in [-0.1, -0.05) is 0 Å². The van der Waals surface area contributed by atoms with E-state index in [4.69, 9.17) is 4.42 Å². The molecular formula is C15H19N5O. The summed E-state index contributed by atoms with van der Waals surface area (Å²) >= 11 is 0. The van der Waals surface area contributed by atoms with Crippen LogP contribution in [0.3, 0.4) is 0 Å². The highest BCUT2D eigenvalue weighted by Gasteiger charge is 2.08. The predicted molar refractivity (Wildman–Crippen MR) is 83.6 cm³/mol. The third kappa shape index (κ3) is 2.56. The van der Waals surface area contributed by atoms with Crippen LogP contribution in [0.4, 0.5) is 11.6 Å². The van der Waals surface area contributed by atoms with Crippen LogP contribution in [-0.4, -0.2) is 28.6 Å². The highest BCUT2D eigenvalue weighted by Crippen LogP contribution is 2.20. The standard InChI is InChI=1S/C15H19N5O/c1-10-18-13-7-11(5-6-14(13)21-10)16-8-12-9-17-15(19(2)3)20(12)4/h5-7,9,16H,8H2,1-4H3. The minimum absolute atomic E-state index is 0.685. The maximum absolute atomic E-state index is 5.48. The molecule has 1 N–H and O–H groups in total. The zero-order valence-electron chi connectivity index (χ0n) is 12.7. The number of nitrogens with zero attached hydrogens (tertiary/aromatic N) is 4. The van der Waals surface area contributed by atoms with E-state index in [1.165, 1.54) is 0 Å². The molecule has 2 heterocycles. The first-order valence-corrected chi connectivity index (χ1v) is 6.83. The number of hydrogen-bond donors (Lipinski definition) is 1. The van der Waals surface area contributed by atoms with Gasteiger partial charge in [-0.2, -0.15) is 0 Å². The molecule has 0 atom stereocenters. The topological polar surface area (TPSA) is 59.1 Å². The van der Waals surface area contributed by atoms with Gasteiger partial charge in [0.05, 0.1) is 18.4 Å². The van der Waals surface area contributed by atoms with Crippen molar-refractivity contribution in [1.29, 1.82) is 0 Å². The summed E-state index contributed by atoms with van der Waals surface area (Å²) < 4.78 is 7.55. The number of benzene rings is 1. The van der Waals surface area contributed by atoms with Gasteiger partial charge in [0, 0.05) is 33.8 Å². The van der Waals surface area contributed by atoms with E-state index in [-0.39, 0.29) is 0 Å². The van der Waals surface area contributed by atoms with Crippen molar-refractivity contribution in [3.8, 4) is 0 Å². The smallest absolute Gasteiger partial charge is 0.204 e. The van der Waals surface area contributed by atoms with Crippen molar-refractivity contribution in [2.75, 3.05) is 24.3 Å². The Hall–Kier alpha value is -2.50. The predicted octanol–water partition coefficient (Wildman–Crippen LogP) is 2.55. The van der Waals surface area contributed by atoms with Gasteiger partial charge in [-0.15, -0.1) is 0 Å². The zero-order valence-corrected chi connectivity index (χ0v) is 12.7. The second kappa shape index (κ2) is 5.12. The van der Waals surface area contributed by atoms with Crippen molar-refractivity contribution < 1.29 is 4.42 Å². The van der Waals surface area contributed by atoms with Crippen molar-refractivity contribution in [2.45, 2.75) is 13.5 Å². The molecule has 110 valence electrons. The molecule has 6 nitrogen and oxygen atoms in total. The Balaban J connectivity index is 1.76. The number of fused-ring (bicyclic) bond motifs is 1. The number of nitrogens with one attached hydrogen (secondary N) is 1. The summed E-state index contributed by atoms with van der Waals surface area (Å²) in [6, 6.07) is 5.93. The van der Waals surface area contributed by atoms with Crippen LogP contribution in [-0.2, 0) is 13.6 Å². The summed E-state index contributed by atoms with van der Waals surface area (Å²) in [5, 5.41) is 3.39. The third-order valence-electron chi connectivity index (χ3n) is 3.43. The Labute approximate surface area is 123 Å². The third-order valence-corrected chi connectivity index (χ3v) is 3.43. The number of imidazole rings is 1. The molecule has 0 aliphatic rings. The van der Waals surface area contributed by atoms with E-state index < -0.39 is 0 Å². The largest absolute Gasteiger partial charge is 0.441 e. The molecule has 21 heavy (non-hydrogen) atoms. The maximum atomic E-state index is 5.48. The molecule has 0 bridgehead atoms. The molecule has 6 heteroatoms. The van der Waals surface area contributed by atoms with Gasteiger partial charge < -0.3 is 19.2 Å². The van der Waals surface area contributed by atoms with Crippen molar-refractivity contribution >= 4 is 22.7 Å². The van der Waals surface area contributed by atoms with Crippen LogP contribution in [0.5, 0.6) is 0 Å². The van der Waals surface area contributed by atoms with Gasteiger partial charge in [-0.25, -0.2) is 9.97 Å². The van der Waals surface area contributed by atoms with Gasteiger partial charge in [0.25, 0.3) is 0 Å². The molecule has 0 spiro atoms. The second-order valence-corrected chi connectivity index (χ2v) is 5.27. The lowest BCUT2D eigenvalue weighted by molar-refractivity contribution is 0.561. The fourth-order valence-corrected chi connectivity index (χ4v) is 2.36. The zero-order chi connectivity index (χ0) is 15.0. The highest BCUT2D eigenvalue weighted by molar-refractivity contribution is 5.77. The molecule has 3 aromatic rings. The SMILES string of the molecule is Cc1nc2cc(NCc3cnc(N(C)C)n3C)ccc2o1.